The number of nitrogens with zero attached hydrogens (tertiary/aromatic N) is 6. The molecule has 4 rings (SSSR count). The molecule has 3 heterocycles. The van der Waals surface area contributed by atoms with Crippen LogP contribution in [0.15, 0.2) is 81.1 Å². The minimum absolute atomic E-state index is 0.0147. The molecule has 0 spiro atoms. The highest BCUT2D eigenvalue weighted by Gasteiger charge is 2.31. The van der Waals surface area contributed by atoms with Gasteiger partial charge < -0.3 is 5.11 Å². The summed E-state index contributed by atoms with van der Waals surface area (Å²) >= 11 is 1.13. The molecule has 31 heavy (non-hydrogen) atoms. The fourth-order valence-electron chi connectivity index (χ4n) is 2.75. The second-order valence-corrected chi connectivity index (χ2v) is 7.29. The molecule has 0 unspecified atom stereocenters. The van der Waals surface area contributed by atoms with Crippen molar-refractivity contribution in [3.05, 3.63) is 72.3 Å². The number of amidine groups is 1. The molecule has 0 radical (unpaired) electrons. The van der Waals surface area contributed by atoms with Crippen LogP contribution < -0.4 is 14.7 Å². The fourth-order valence-corrected chi connectivity index (χ4v) is 3.55. The van der Waals surface area contributed by atoms with Crippen LogP contribution in [0.1, 0.15) is 12.6 Å². The highest BCUT2D eigenvalue weighted by Crippen LogP contribution is 2.29. The number of carbonyl (C=O) groups is 1. The molecule has 2 aromatic heterocycles. The molecular formula is C21H18N6O3S. The zero-order valence-electron chi connectivity index (χ0n) is 16.6. The first-order valence-electron chi connectivity index (χ1n) is 9.49. The third kappa shape index (κ3) is 4.86. The molecule has 0 saturated carbocycles. The monoisotopic (exact) mass is 434 g/mol. The van der Waals surface area contributed by atoms with Gasteiger partial charge in [-0.25, -0.2) is 9.98 Å². The zero-order valence-corrected chi connectivity index (χ0v) is 17.4. The Labute approximate surface area is 182 Å². The molecule has 156 valence electrons. The first-order valence-corrected chi connectivity index (χ1v) is 10.5. The first kappa shape index (κ1) is 20.5. The van der Waals surface area contributed by atoms with E-state index in [9.17, 15) is 9.90 Å². The van der Waals surface area contributed by atoms with E-state index in [-0.39, 0.29) is 23.2 Å². The SMILES string of the molecule is CC[n+]1cc(/N=C(/[O-])CSC2=N/C(=C/c3ccccn3)C(=O)N2c2ccccc2)on1. The van der Waals surface area contributed by atoms with Crippen molar-refractivity contribution >= 4 is 46.4 Å². The van der Waals surface area contributed by atoms with Crippen LogP contribution >= 0.6 is 11.8 Å². The number of carbonyl (C=O) groups excluding carboxylic acids is 1. The topological polar surface area (TPSA) is 111 Å². The molecule has 3 aromatic rings. The van der Waals surface area contributed by atoms with E-state index >= 15 is 0 Å². The number of thioether (sulfide) groups is 1. The van der Waals surface area contributed by atoms with E-state index in [0.29, 0.717) is 23.1 Å². The van der Waals surface area contributed by atoms with Gasteiger partial charge in [0.05, 0.1) is 11.4 Å². The largest absolute Gasteiger partial charge is 0.861 e. The van der Waals surface area contributed by atoms with Crippen molar-refractivity contribution in [2.45, 2.75) is 13.5 Å². The number of aromatic nitrogens is 3. The van der Waals surface area contributed by atoms with Gasteiger partial charge in [0.25, 0.3) is 12.1 Å². The summed E-state index contributed by atoms with van der Waals surface area (Å²) in [5, 5.41) is 16.4. The number of aliphatic imine (C=N–C) groups is 2. The van der Waals surface area contributed by atoms with Crippen LogP contribution in [-0.2, 0) is 11.3 Å². The van der Waals surface area contributed by atoms with Crippen LogP contribution in [0.25, 0.3) is 6.08 Å². The number of anilines is 1. The van der Waals surface area contributed by atoms with Crippen molar-refractivity contribution in [1.82, 2.24) is 10.3 Å². The van der Waals surface area contributed by atoms with Gasteiger partial charge in [-0.1, -0.05) is 40.7 Å². The number of rotatable bonds is 6. The molecule has 0 atom stereocenters. The number of amides is 1. The minimum Gasteiger partial charge on any atom is -0.861 e. The summed E-state index contributed by atoms with van der Waals surface area (Å²) in [5.41, 5.74) is 1.52. The van der Waals surface area contributed by atoms with Crippen LogP contribution in [0.2, 0.25) is 0 Å². The molecular weight excluding hydrogens is 416 g/mol. The van der Waals surface area contributed by atoms with E-state index in [1.165, 1.54) is 9.58 Å². The molecule has 0 N–H and O–H groups in total. The summed E-state index contributed by atoms with van der Waals surface area (Å²) in [6, 6.07) is 14.6. The van der Waals surface area contributed by atoms with Crippen LogP contribution in [0.3, 0.4) is 0 Å². The van der Waals surface area contributed by atoms with Crippen molar-refractivity contribution in [1.29, 1.82) is 0 Å². The van der Waals surface area contributed by atoms with Gasteiger partial charge in [0.15, 0.2) is 11.7 Å². The van der Waals surface area contributed by atoms with E-state index in [0.717, 1.165) is 11.8 Å². The van der Waals surface area contributed by atoms with Crippen LogP contribution in [-0.4, -0.2) is 33.0 Å². The smallest absolute Gasteiger partial charge is 0.320 e. The molecule has 0 fully saturated rings. The summed E-state index contributed by atoms with van der Waals surface area (Å²) < 4.78 is 6.53. The van der Waals surface area contributed by atoms with Crippen molar-refractivity contribution in [2.75, 3.05) is 10.7 Å². The van der Waals surface area contributed by atoms with Gasteiger partial charge in [-0.15, -0.1) is 0 Å². The highest BCUT2D eigenvalue weighted by molar-refractivity contribution is 8.14. The Bertz CT molecular complexity index is 1160. The molecule has 1 aromatic carbocycles. The van der Waals surface area contributed by atoms with Gasteiger partial charge in [0, 0.05) is 11.9 Å². The van der Waals surface area contributed by atoms with Gasteiger partial charge in [0.1, 0.15) is 5.70 Å². The van der Waals surface area contributed by atoms with Crippen LogP contribution in [0.5, 0.6) is 0 Å². The molecule has 10 heteroatoms. The molecule has 1 aliphatic rings. The number of benzene rings is 1. The van der Waals surface area contributed by atoms with Crippen LogP contribution in [0, 0.1) is 0 Å². The molecule has 0 aliphatic carbocycles. The lowest BCUT2D eigenvalue weighted by Crippen LogP contribution is -2.32. The van der Waals surface area contributed by atoms with Gasteiger partial charge >= 0.3 is 5.88 Å². The van der Waals surface area contributed by atoms with E-state index in [2.05, 4.69) is 20.2 Å². The van der Waals surface area contributed by atoms with Gasteiger partial charge in [-0.2, -0.15) is 0 Å². The molecule has 0 saturated heterocycles. The zero-order chi connectivity index (χ0) is 21.6. The minimum atomic E-state index is -0.422. The molecule has 9 nitrogen and oxygen atoms in total. The second-order valence-electron chi connectivity index (χ2n) is 6.34. The average Bonchev–Trinajstić information content (AvgIpc) is 3.37. The lowest BCUT2D eigenvalue weighted by molar-refractivity contribution is -0.759. The van der Waals surface area contributed by atoms with E-state index in [1.807, 2.05) is 43.3 Å². The fraction of sp³-hybridized carbons (Fsp3) is 0.143. The standard InChI is InChI=1S/C21H18N6O3S/c1-2-26-13-19(30-25-26)24-18(28)14-31-21-23-17(12-15-8-6-7-11-22-15)20(29)27(21)16-9-4-3-5-10-16/h3-13H,2,14H2,1H3/b17-12+. The maximum atomic E-state index is 13.1. The summed E-state index contributed by atoms with van der Waals surface area (Å²) in [5.74, 6) is -0.593. The molecule has 1 amide bonds. The Morgan fingerprint density at radius 2 is 2.06 bits per heavy atom. The second kappa shape index (κ2) is 9.35. The number of hydrogen-bond acceptors (Lipinski definition) is 8. The lowest BCUT2D eigenvalue weighted by atomic mass is 10.2. The van der Waals surface area contributed by atoms with Crippen molar-refractivity contribution in [3.63, 3.8) is 0 Å². The quantitative estimate of drug-likeness (QED) is 0.254. The molecule has 1 aliphatic heterocycles. The Morgan fingerprint density at radius 1 is 1.26 bits per heavy atom. The third-order valence-corrected chi connectivity index (χ3v) is 5.12. The van der Waals surface area contributed by atoms with Gasteiger partial charge in [-0.3, -0.25) is 19.2 Å². The van der Waals surface area contributed by atoms with Crippen LogP contribution in [0.4, 0.5) is 11.6 Å². The summed E-state index contributed by atoms with van der Waals surface area (Å²) in [7, 11) is 0. The summed E-state index contributed by atoms with van der Waals surface area (Å²) in [6.07, 6.45) is 4.81. The Kier molecular flexibility index (Phi) is 6.18. The maximum absolute atomic E-state index is 13.1. The van der Waals surface area contributed by atoms with Gasteiger partial charge in [-0.05, 0) is 43.2 Å². The van der Waals surface area contributed by atoms with E-state index in [1.54, 1.807) is 30.6 Å². The summed E-state index contributed by atoms with van der Waals surface area (Å²) in [6.45, 7) is 2.51. The predicted octanol–water partition coefficient (Wildman–Crippen LogP) is 1.94. The van der Waals surface area contributed by atoms with Gasteiger partial charge in [0.2, 0.25) is 5.27 Å². The van der Waals surface area contributed by atoms with Crippen molar-refractivity contribution in [3.8, 4) is 0 Å². The normalized spacial score (nSPS) is 15.6. The number of hydrogen-bond donors (Lipinski definition) is 0. The average molecular weight is 434 g/mol. The van der Waals surface area contributed by atoms with Crippen molar-refractivity contribution < 1.29 is 19.1 Å². The van der Waals surface area contributed by atoms with Crippen molar-refractivity contribution in [2.24, 2.45) is 9.98 Å². The number of para-hydroxylation sites is 1. The Morgan fingerprint density at radius 3 is 2.77 bits per heavy atom. The number of aryl methyl sites for hydroxylation is 1. The maximum Gasteiger partial charge on any atom is 0.320 e. The first-order chi connectivity index (χ1) is 15.1. The van der Waals surface area contributed by atoms with E-state index in [4.69, 9.17) is 4.52 Å². The summed E-state index contributed by atoms with van der Waals surface area (Å²) in [4.78, 5) is 27.1. The Hall–Kier alpha value is -3.79. The highest BCUT2D eigenvalue weighted by atomic mass is 32.2. The predicted molar refractivity (Wildman–Crippen MR) is 116 cm³/mol. The number of pyridine rings is 1. The lowest BCUT2D eigenvalue weighted by Gasteiger charge is -2.18. The Balaban J connectivity index is 1.58. The third-order valence-electron chi connectivity index (χ3n) is 4.20. The van der Waals surface area contributed by atoms with E-state index < -0.39 is 5.90 Å². The molecule has 0 bridgehead atoms.